The summed E-state index contributed by atoms with van der Waals surface area (Å²) in [6.45, 7) is 13.8. The van der Waals surface area contributed by atoms with Crippen LogP contribution in [0.2, 0.25) is 0 Å². The second-order valence-corrected chi connectivity index (χ2v) is 10.2. The van der Waals surface area contributed by atoms with Gasteiger partial charge < -0.3 is 14.3 Å². The lowest BCUT2D eigenvalue weighted by Crippen LogP contribution is -2.63. The summed E-state index contributed by atoms with van der Waals surface area (Å²) in [6, 6.07) is 0. The van der Waals surface area contributed by atoms with Crippen molar-refractivity contribution in [2.45, 2.75) is 65.6 Å². The van der Waals surface area contributed by atoms with E-state index < -0.39 is 11.2 Å². The van der Waals surface area contributed by atoms with Crippen LogP contribution in [-0.2, 0) is 19.1 Å². The second kappa shape index (κ2) is 6.00. The van der Waals surface area contributed by atoms with E-state index in [0.717, 1.165) is 25.7 Å². The third kappa shape index (κ3) is 2.23. The number of ether oxygens (including phenoxy) is 2. The molecule has 1 spiro atoms. The molecule has 1 heterocycles. The van der Waals surface area contributed by atoms with Gasteiger partial charge in [-0.05, 0) is 41.9 Å². The summed E-state index contributed by atoms with van der Waals surface area (Å²) in [5, 5.41) is 0. The number of carbonyl (C=O) groups excluding carboxylic acids is 2. The van der Waals surface area contributed by atoms with E-state index in [2.05, 4.69) is 34.3 Å². The number of Topliss-reactive ketones (excluding diaryl/α,β-unsaturated/α-hetero) is 1. The maximum Gasteiger partial charge on any atom is 0.172 e. The zero-order valence-corrected chi connectivity index (χ0v) is 17.3. The predicted molar refractivity (Wildman–Crippen MR) is 103 cm³/mol. The molecule has 3 aliphatic carbocycles. The minimum atomic E-state index is -0.692. The van der Waals surface area contributed by atoms with Crippen molar-refractivity contribution < 1.29 is 19.1 Å². The lowest BCUT2D eigenvalue weighted by atomic mass is 9.42. The second-order valence-electron chi connectivity index (χ2n) is 10.2. The van der Waals surface area contributed by atoms with E-state index >= 15 is 0 Å². The van der Waals surface area contributed by atoms with Gasteiger partial charge in [0.25, 0.3) is 0 Å². The van der Waals surface area contributed by atoms with Gasteiger partial charge >= 0.3 is 0 Å². The molecule has 4 rings (SSSR count). The zero-order chi connectivity index (χ0) is 19.7. The third-order valence-corrected chi connectivity index (χ3v) is 9.39. The smallest absolute Gasteiger partial charge is 0.172 e. The van der Waals surface area contributed by atoms with Gasteiger partial charge in [-0.25, -0.2) is 0 Å². The van der Waals surface area contributed by atoms with Crippen molar-refractivity contribution in [1.29, 1.82) is 0 Å². The number of allylic oxidation sites excluding steroid dienone is 1. The van der Waals surface area contributed by atoms with Crippen LogP contribution >= 0.6 is 0 Å². The maximum absolute atomic E-state index is 13.9. The van der Waals surface area contributed by atoms with Gasteiger partial charge in [-0.1, -0.05) is 33.8 Å². The van der Waals surface area contributed by atoms with Gasteiger partial charge in [0.15, 0.2) is 5.79 Å². The van der Waals surface area contributed by atoms with Gasteiger partial charge in [0.1, 0.15) is 12.1 Å². The molecule has 3 saturated carbocycles. The van der Waals surface area contributed by atoms with Crippen molar-refractivity contribution in [3.8, 4) is 0 Å². The first-order chi connectivity index (χ1) is 12.7. The van der Waals surface area contributed by atoms with E-state index in [9.17, 15) is 9.59 Å². The van der Waals surface area contributed by atoms with E-state index in [1.807, 2.05) is 6.08 Å². The lowest BCUT2D eigenvalue weighted by molar-refractivity contribution is -0.249. The molecule has 150 valence electrons. The summed E-state index contributed by atoms with van der Waals surface area (Å²) in [6.07, 6.45) is 7.17. The number of hydrogen-bond donors (Lipinski definition) is 0. The number of carbonyl (C=O) groups is 2. The standard InChI is InChI=1S/C23H34O4/c1-6-20(4)13-18(25)21(5)15(2)7-8-22(17(14-24)16(20)3)9-10-23(19(21)22)26-11-12-27-23/h6,14-17,19H,1,7-13H2,2-5H3/t15-,16?,17?,19?,20-,21+,22?/m1/s1. The minimum absolute atomic E-state index is 0.0525. The molecule has 0 aromatic carbocycles. The number of rotatable bonds is 2. The topological polar surface area (TPSA) is 52.6 Å². The summed E-state index contributed by atoms with van der Waals surface area (Å²) in [7, 11) is 0. The Morgan fingerprint density at radius 1 is 1.11 bits per heavy atom. The SMILES string of the molecule is C=C[C@]1(C)CC(=O)[C@@]2(C)C3C4(CCC3(CC[C@H]2C)C(C=O)C1C)OCCO4. The lowest BCUT2D eigenvalue weighted by Gasteiger charge is -2.61. The Labute approximate surface area is 163 Å². The zero-order valence-electron chi connectivity index (χ0n) is 17.3. The van der Waals surface area contributed by atoms with Crippen LogP contribution in [-0.4, -0.2) is 31.1 Å². The first-order valence-corrected chi connectivity index (χ1v) is 10.6. The monoisotopic (exact) mass is 374 g/mol. The number of hydrogen-bond acceptors (Lipinski definition) is 4. The van der Waals surface area contributed by atoms with Gasteiger partial charge in [-0.15, -0.1) is 6.58 Å². The quantitative estimate of drug-likeness (QED) is 0.537. The van der Waals surface area contributed by atoms with Crippen LogP contribution in [0.25, 0.3) is 0 Å². The van der Waals surface area contributed by atoms with Crippen molar-refractivity contribution in [1.82, 2.24) is 0 Å². The molecule has 0 amide bonds. The summed E-state index contributed by atoms with van der Waals surface area (Å²) < 4.78 is 12.5. The van der Waals surface area contributed by atoms with Crippen molar-refractivity contribution in [2.75, 3.05) is 13.2 Å². The highest BCUT2D eigenvalue weighted by atomic mass is 16.7. The van der Waals surface area contributed by atoms with Crippen molar-refractivity contribution in [3.05, 3.63) is 12.7 Å². The van der Waals surface area contributed by atoms with Crippen molar-refractivity contribution >= 4 is 12.1 Å². The molecule has 4 unspecified atom stereocenters. The van der Waals surface area contributed by atoms with Gasteiger partial charge in [-0.3, -0.25) is 4.79 Å². The van der Waals surface area contributed by atoms with Crippen LogP contribution < -0.4 is 0 Å². The van der Waals surface area contributed by atoms with Crippen molar-refractivity contribution in [2.24, 2.45) is 39.9 Å². The fourth-order valence-electron chi connectivity index (χ4n) is 7.39. The molecular weight excluding hydrogens is 340 g/mol. The first kappa shape index (κ1) is 19.3. The first-order valence-electron chi connectivity index (χ1n) is 10.6. The fourth-order valence-corrected chi connectivity index (χ4v) is 7.39. The average molecular weight is 375 g/mol. The molecule has 0 aromatic heterocycles. The van der Waals surface area contributed by atoms with Crippen LogP contribution in [0.4, 0.5) is 0 Å². The van der Waals surface area contributed by atoms with Gasteiger partial charge in [0.05, 0.1) is 13.2 Å². The van der Waals surface area contributed by atoms with Gasteiger partial charge in [-0.2, -0.15) is 0 Å². The molecule has 4 heteroatoms. The molecule has 7 atom stereocenters. The van der Waals surface area contributed by atoms with E-state index in [1.54, 1.807) is 0 Å². The maximum atomic E-state index is 13.9. The summed E-state index contributed by atoms with van der Waals surface area (Å²) in [4.78, 5) is 26.4. The third-order valence-electron chi connectivity index (χ3n) is 9.39. The molecule has 2 bridgehead atoms. The fraction of sp³-hybridized carbons (Fsp3) is 0.826. The summed E-state index contributed by atoms with van der Waals surface area (Å²) in [5.41, 5.74) is -1.13. The highest BCUT2D eigenvalue weighted by molar-refractivity contribution is 5.87. The molecule has 0 radical (unpaired) electrons. The molecule has 4 nitrogen and oxygen atoms in total. The Morgan fingerprint density at radius 2 is 1.78 bits per heavy atom. The van der Waals surface area contributed by atoms with E-state index in [1.165, 1.54) is 6.29 Å². The Hall–Kier alpha value is -1.00. The Morgan fingerprint density at radius 3 is 2.37 bits per heavy atom. The Balaban J connectivity index is 1.96. The highest BCUT2D eigenvalue weighted by Gasteiger charge is 2.73. The Kier molecular flexibility index (Phi) is 4.29. The normalized spacial score (nSPS) is 51.5. The average Bonchev–Trinajstić information content (AvgIpc) is 3.25. The van der Waals surface area contributed by atoms with Crippen LogP contribution in [0.1, 0.15) is 59.8 Å². The Bertz CT molecular complexity index is 665. The van der Waals surface area contributed by atoms with Gasteiger partial charge in [0.2, 0.25) is 0 Å². The molecule has 1 aliphatic heterocycles. The van der Waals surface area contributed by atoms with E-state index in [4.69, 9.17) is 9.47 Å². The molecule has 0 N–H and O–H groups in total. The largest absolute Gasteiger partial charge is 0.347 e. The van der Waals surface area contributed by atoms with Gasteiger partial charge in [0, 0.05) is 30.1 Å². The number of ketones is 1. The molecule has 0 aromatic rings. The summed E-state index contributed by atoms with van der Waals surface area (Å²) >= 11 is 0. The number of aldehydes is 1. The van der Waals surface area contributed by atoms with Crippen molar-refractivity contribution in [3.63, 3.8) is 0 Å². The minimum Gasteiger partial charge on any atom is -0.347 e. The van der Waals surface area contributed by atoms with E-state index in [0.29, 0.717) is 25.4 Å². The molecule has 27 heavy (non-hydrogen) atoms. The van der Waals surface area contributed by atoms with Crippen LogP contribution in [0.5, 0.6) is 0 Å². The van der Waals surface area contributed by atoms with Crippen LogP contribution in [0.3, 0.4) is 0 Å². The predicted octanol–water partition coefficient (Wildman–Crippen LogP) is 4.18. The van der Waals surface area contributed by atoms with Crippen LogP contribution in [0.15, 0.2) is 12.7 Å². The molecule has 4 fully saturated rings. The van der Waals surface area contributed by atoms with E-state index in [-0.39, 0.29) is 34.5 Å². The molecule has 4 aliphatic rings. The summed E-state index contributed by atoms with van der Waals surface area (Å²) in [5.74, 6) is -0.250. The van der Waals surface area contributed by atoms with Crippen LogP contribution in [0, 0.1) is 39.9 Å². The molecular formula is C23H34O4. The highest BCUT2D eigenvalue weighted by Crippen LogP contribution is 2.72. The molecule has 1 saturated heterocycles.